The maximum Gasteiger partial charge on any atom is 0.0477 e. The molecule has 2 unspecified atom stereocenters. The summed E-state index contributed by atoms with van der Waals surface area (Å²) in [5.41, 5.74) is 3.93. The first-order valence-electron chi connectivity index (χ1n) is 5.99. The van der Waals surface area contributed by atoms with E-state index in [1.165, 1.54) is 12.8 Å². The molecule has 2 atom stereocenters. The van der Waals surface area contributed by atoms with Crippen LogP contribution in [0.2, 0.25) is 5.02 Å². The lowest BCUT2D eigenvalue weighted by Crippen LogP contribution is -2.29. The van der Waals surface area contributed by atoms with Gasteiger partial charge >= 0.3 is 0 Å². The van der Waals surface area contributed by atoms with Crippen molar-refractivity contribution in [2.24, 2.45) is 11.8 Å². The first kappa shape index (κ1) is 15.0. The van der Waals surface area contributed by atoms with Gasteiger partial charge in [0.15, 0.2) is 0 Å². The van der Waals surface area contributed by atoms with E-state index in [0.29, 0.717) is 5.92 Å². The fourth-order valence-electron chi connectivity index (χ4n) is 2.08. The van der Waals surface area contributed by atoms with Gasteiger partial charge in [-0.05, 0) is 36.1 Å². The summed E-state index contributed by atoms with van der Waals surface area (Å²) < 4.78 is 1.03. The molecule has 0 heterocycles. The average molecular weight is 320 g/mol. The Morgan fingerprint density at radius 1 is 1.47 bits per heavy atom. The van der Waals surface area contributed by atoms with Crippen molar-refractivity contribution in [3.05, 3.63) is 33.3 Å². The standard InChI is InChI=1S/C13H20BrClN2/c1-3-4-9(2)7-13(17-16)11-8-10(14)5-6-12(11)15/h5-6,8-9,13,17H,3-4,7,16H2,1-2H3. The van der Waals surface area contributed by atoms with Crippen molar-refractivity contribution in [2.45, 2.75) is 39.2 Å². The number of hydrogen-bond donors (Lipinski definition) is 2. The molecule has 0 aliphatic heterocycles. The molecule has 0 aliphatic rings. The number of hydrogen-bond acceptors (Lipinski definition) is 2. The van der Waals surface area contributed by atoms with Gasteiger partial charge in [0.05, 0.1) is 0 Å². The van der Waals surface area contributed by atoms with Crippen molar-refractivity contribution in [3.8, 4) is 0 Å². The van der Waals surface area contributed by atoms with Crippen molar-refractivity contribution in [3.63, 3.8) is 0 Å². The third kappa shape index (κ3) is 4.59. The normalized spacial score (nSPS) is 14.6. The number of nitrogens with one attached hydrogen (secondary N) is 1. The van der Waals surface area contributed by atoms with Gasteiger partial charge in [-0.3, -0.25) is 11.3 Å². The Balaban J connectivity index is 2.82. The molecule has 0 saturated carbocycles. The van der Waals surface area contributed by atoms with Crippen LogP contribution >= 0.6 is 27.5 Å². The van der Waals surface area contributed by atoms with Crippen molar-refractivity contribution in [1.82, 2.24) is 5.43 Å². The third-order valence-corrected chi connectivity index (χ3v) is 3.79. The van der Waals surface area contributed by atoms with E-state index in [0.717, 1.165) is 21.5 Å². The monoisotopic (exact) mass is 318 g/mol. The molecule has 0 fully saturated rings. The van der Waals surface area contributed by atoms with Gasteiger partial charge in [0.25, 0.3) is 0 Å². The molecular formula is C13H20BrClN2. The van der Waals surface area contributed by atoms with E-state index in [4.69, 9.17) is 17.4 Å². The van der Waals surface area contributed by atoms with Gasteiger partial charge in [-0.25, -0.2) is 0 Å². The molecule has 3 N–H and O–H groups in total. The topological polar surface area (TPSA) is 38.0 Å². The molecule has 17 heavy (non-hydrogen) atoms. The molecule has 96 valence electrons. The summed E-state index contributed by atoms with van der Waals surface area (Å²) >= 11 is 9.68. The zero-order valence-corrected chi connectivity index (χ0v) is 12.7. The van der Waals surface area contributed by atoms with Gasteiger partial charge in [0.2, 0.25) is 0 Å². The first-order chi connectivity index (χ1) is 8.08. The predicted octanol–water partition coefficient (Wildman–Crippen LogP) is 4.43. The largest absolute Gasteiger partial charge is 0.271 e. The average Bonchev–Trinajstić information content (AvgIpc) is 2.30. The Kier molecular flexibility index (Phi) is 6.49. The number of halogens is 2. The van der Waals surface area contributed by atoms with Crippen LogP contribution in [-0.2, 0) is 0 Å². The maximum atomic E-state index is 6.21. The molecule has 0 spiro atoms. The number of rotatable bonds is 6. The predicted molar refractivity (Wildman–Crippen MR) is 77.9 cm³/mol. The molecule has 0 saturated heterocycles. The van der Waals surface area contributed by atoms with E-state index in [9.17, 15) is 0 Å². The van der Waals surface area contributed by atoms with Gasteiger partial charge in [-0.15, -0.1) is 0 Å². The number of nitrogens with two attached hydrogens (primary N) is 1. The van der Waals surface area contributed by atoms with Crippen LogP contribution in [0.4, 0.5) is 0 Å². The van der Waals surface area contributed by atoms with Gasteiger partial charge in [0, 0.05) is 15.5 Å². The highest BCUT2D eigenvalue weighted by Crippen LogP contribution is 2.30. The van der Waals surface area contributed by atoms with Crippen molar-refractivity contribution in [1.29, 1.82) is 0 Å². The van der Waals surface area contributed by atoms with E-state index in [1.807, 2.05) is 18.2 Å². The summed E-state index contributed by atoms with van der Waals surface area (Å²) in [5.74, 6) is 6.28. The summed E-state index contributed by atoms with van der Waals surface area (Å²) in [6.45, 7) is 4.45. The minimum absolute atomic E-state index is 0.113. The summed E-state index contributed by atoms with van der Waals surface area (Å²) in [6.07, 6.45) is 3.41. The van der Waals surface area contributed by atoms with Gasteiger partial charge in [0.1, 0.15) is 0 Å². The molecule has 0 radical (unpaired) electrons. The minimum atomic E-state index is 0.113. The van der Waals surface area contributed by atoms with Crippen LogP contribution in [-0.4, -0.2) is 0 Å². The van der Waals surface area contributed by atoms with Crippen molar-refractivity contribution >= 4 is 27.5 Å². The van der Waals surface area contributed by atoms with E-state index in [1.54, 1.807) is 0 Å². The van der Waals surface area contributed by atoms with Crippen molar-refractivity contribution in [2.75, 3.05) is 0 Å². The maximum absolute atomic E-state index is 6.21. The van der Waals surface area contributed by atoms with E-state index in [-0.39, 0.29) is 6.04 Å². The van der Waals surface area contributed by atoms with Gasteiger partial charge in [-0.1, -0.05) is 54.2 Å². The Bertz CT molecular complexity index is 357. The van der Waals surface area contributed by atoms with Crippen LogP contribution in [0, 0.1) is 5.92 Å². The molecule has 0 aliphatic carbocycles. The Morgan fingerprint density at radius 2 is 2.18 bits per heavy atom. The lowest BCUT2D eigenvalue weighted by atomic mass is 9.93. The third-order valence-electron chi connectivity index (χ3n) is 2.95. The fourth-order valence-corrected chi connectivity index (χ4v) is 2.71. The first-order valence-corrected chi connectivity index (χ1v) is 7.16. The molecule has 0 amide bonds. The molecule has 2 nitrogen and oxygen atoms in total. The van der Waals surface area contributed by atoms with E-state index >= 15 is 0 Å². The fraction of sp³-hybridized carbons (Fsp3) is 0.538. The zero-order valence-electron chi connectivity index (χ0n) is 10.3. The minimum Gasteiger partial charge on any atom is -0.271 e. The second-order valence-electron chi connectivity index (χ2n) is 4.51. The van der Waals surface area contributed by atoms with Crippen LogP contribution in [0.5, 0.6) is 0 Å². The summed E-state index contributed by atoms with van der Waals surface area (Å²) in [6, 6.07) is 5.98. The summed E-state index contributed by atoms with van der Waals surface area (Å²) in [4.78, 5) is 0. The highest BCUT2D eigenvalue weighted by Gasteiger charge is 2.16. The number of hydrazine groups is 1. The Hall–Kier alpha value is -0.0900. The molecule has 0 bridgehead atoms. The van der Waals surface area contributed by atoms with Gasteiger partial charge < -0.3 is 0 Å². The van der Waals surface area contributed by atoms with Crippen molar-refractivity contribution < 1.29 is 0 Å². The number of benzene rings is 1. The SMILES string of the molecule is CCCC(C)CC(NN)c1cc(Br)ccc1Cl. The zero-order chi connectivity index (χ0) is 12.8. The second-order valence-corrected chi connectivity index (χ2v) is 5.84. The molecule has 4 heteroatoms. The Morgan fingerprint density at radius 3 is 2.76 bits per heavy atom. The molecule has 1 aromatic rings. The second kappa shape index (κ2) is 7.37. The van der Waals surface area contributed by atoms with Crippen LogP contribution in [0.3, 0.4) is 0 Å². The smallest absolute Gasteiger partial charge is 0.0477 e. The quantitative estimate of drug-likeness (QED) is 0.601. The Labute approximate surface area is 117 Å². The summed E-state index contributed by atoms with van der Waals surface area (Å²) in [5, 5.41) is 0.764. The van der Waals surface area contributed by atoms with Crippen LogP contribution in [0.15, 0.2) is 22.7 Å². The van der Waals surface area contributed by atoms with Crippen LogP contribution in [0.25, 0.3) is 0 Å². The highest BCUT2D eigenvalue weighted by atomic mass is 79.9. The van der Waals surface area contributed by atoms with E-state index < -0.39 is 0 Å². The molecular weight excluding hydrogens is 300 g/mol. The van der Waals surface area contributed by atoms with E-state index in [2.05, 4.69) is 35.2 Å². The van der Waals surface area contributed by atoms with Gasteiger partial charge in [-0.2, -0.15) is 0 Å². The summed E-state index contributed by atoms with van der Waals surface area (Å²) in [7, 11) is 0. The molecule has 1 rings (SSSR count). The lowest BCUT2D eigenvalue weighted by Gasteiger charge is -2.21. The molecule has 0 aromatic heterocycles. The molecule has 1 aromatic carbocycles. The highest BCUT2D eigenvalue weighted by molar-refractivity contribution is 9.10. The van der Waals surface area contributed by atoms with Crippen LogP contribution < -0.4 is 11.3 Å². The van der Waals surface area contributed by atoms with Crippen LogP contribution in [0.1, 0.15) is 44.7 Å². The lowest BCUT2D eigenvalue weighted by molar-refractivity contribution is 0.394.